The molecule has 2 aromatic heterocycles. The van der Waals surface area contributed by atoms with E-state index in [1.54, 1.807) is 7.11 Å². The van der Waals surface area contributed by atoms with Gasteiger partial charge in [-0.3, -0.25) is 4.79 Å². The Morgan fingerprint density at radius 1 is 1.10 bits per heavy atom. The van der Waals surface area contributed by atoms with Crippen LogP contribution in [0.1, 0.15) is 48.9 Å². The van der Waals surface area contributed by atoms with E-state index in [1.807, 2.05) is 12.1 Å². The predicted molar refractivity (Wildman–Crippen MR) is 162 cm³/mol. The molecule has 2 aromatic carbocycles. The summed E-state index contributed by atoms with van der Waals surface area (Å²) >= 11 is 0. The maximum Gasteiger partial charge on any atom is 0.166 e. The number of aromatic nitrogens is 3. The number of rotatable bonds is 8. The van der Waals surface area contributed by atoms with Gasteiger partial charge in [-0.15, -0.1) is 0 Å². The molecular formula is C33H38BN5O2. The number of nitrogens with one attached hydrogen (secondary N) is 1. The van der Waals surface area contributed by atoms with Crippen LogP contribution in [-0.2, 0) is 13.1 Å². The first-order valence-corrected chi connectivity index (χ1v) is 15.4. The highest BCUT2D eigenvalue weighted by atomic mass is 16.5. The Bertz CT molecular complexity index is 1660. The third-order valence-corrected chi connectivity index (χ3v) is 10.6. The normalized spacial score (nSPS) is 29.2. The van der Waals surface area contributed by atoms with Crippen molar-refractivity contribution in [1.29, 1.82) is 0 Å². The van der Waals surface area contributed by atoms with Crippen LogP contribution in [0.25, 0.3) is 33.5 Å². The lowest BCUT2D eigenvalue weighted by Crippen LogP contribution is -2.46. The molecule has 1 aliphatic heterocycles. The van der Waals surface area contributed by atoms with Crippen molar-refractivity contribution in [2.75, 3.05) is 20.2 Å². The molecule has 4 aromatic rings. The predicted octanol–water partition coefficient (Wildman–Crippen LogP) is 4.74. The molecule has 3 N–H and O–H groups in total. The first kappa shape index (κ1) is 25.6. The van der Waals surface area contributed by atoms with Crippen LogP contribution in [0.3, 0.4) is 0 Å². The van der Waals surface area contributed by atoms with Gasteiger partial charge >= 0.3 is 0 Å². The number of hydrogen-bond donors (Lipinski definition) is 2. The Morgan fingerprint density at radius 3 is 2.63 bits per heavy atom. The SMILES string of the molecule is [B][C@]1(N)C2CCC1C(C(=O)c1cc(OC)c3c(c1)nc(-c1cc4ccccc4n1CC1CC1)n3C[C@H]1CCNC1)C2. The summed E-state index contributed by atoms with van der Waals surface area (Å²) in [6, 6.07) is 14.8. The molecule has 3 unspecified atom stereocenters. The quantitative estimate of drug-likeness (QED) is 0.246. The van der Waals surface area contributed by atoms with Gasteiger partial charge in [0.2, 0.25) is 0 Å². The van der Waals surface area contributed by atoms with Crippen molar-refractivity contribution in [2.24, 2.45) is 35.3 Å². The fourth-order valence-electron chi connectivity index (χ4n) is 8.21. The summed E-state index contributed by atoms with van der Waals surface area (Å²) in [7, 11) is 8.21. The smallest absolute Gasteiger partial charge is 0.166 e. The van der Waals surface area contributed by atoms with Gasteiger partial charge in [0.25, 0.3) is 0 Å². The van der Waals surface area contributed by atoms with Crippen LogP contribution in [0.4, 0.5) is 0 Å². The summed E-state index contributed by atoms with van der Waals surface area (Å²) in [5.74, 6) is 3.11. The van der Waals surface area contributed by atoms with E-state index in [4.69, 9.17) is 23.3 Å². The topological polar surface area (TPSA) is 87.1 Å². The molecule has 3 saturated carbocycles. The number of ether oxygens (including phenoxy) is 1. The Balaban J connectivity index is 1.28. The fourth-order valence-corrected chi connectivity index (χ4v) is 8.21. The molecule has 2 bridgehead atoms. The van der Waals surface area contributed by atoms with Crippen molar-refractivity contribution in [2.45, 2.75) is 57.1 Å². The van der Waals surface area contributed by atoms with Crippen LogP contribution < -0.4 is 15.8 Å². The van der Waals surface area contributed by atoms with E-state index in [2.05, 4.69) is 44.8 Å². The summed E-state index contributed by atoms with van der Waals surface area (Å²) in [4.78, 5) is 19.3. The van der Waals surface area contributed by atoms with E-state index >= 15 is 0 Å². The number of carbonyl (C=O) groups excluding carboxylic acids is 1. The molecule has 2 radical (unpaired) electrons. The summed E-state index contributed by atoms with van der Waals surface area (Å²) in [5, 5.41) is 4.76. The van der Waals surface area contributed by atoms with E-state index in [0.717, 1.165) is 80.3 Å². The minimum Gasteiger partial charge on any atom is -0.494 e. The van der Waals surface area contributed by atoms with Gasteiger partial charge in [0, 0.05) is 35.5 Å². The molecule has 3 heterocycles. The number of imidazole rings is 1. The second kappa shape index (κ2) is 9.46. The lowest BCUT2D eigenvalue weighted by Gasteiger charge is -2.26. The number of Topliss-reactive ketones (excluding diaryl/α,β-unsaturated/α-hetero) is 1. The summed E-state index contributed by atoms with van der Waals surface area (Å²) in [5.41, 5.74) is 10.6. The molecule has 41 heavy (non-hydrogen) atoms. The summed E-state index contributed by atoms with van der Waals surface area (Å²) in [6.07, 6.45) is 6.41. The molecule has 3 aliphatic carbocycles. The van der Waals surface area contributed by atoms with Crippen molar-refractivity contribution in [3.05, 3.63) is 48.0 Å². The number of carbonyl (C=O) groups is 1. The van der Waals surface area contributed by atoms with Gasteiger partial charge in [0.05, 0.1) is 26.2 Å². The van der Waals surface area contributed by atoms with Crippen LogP contribution in [0.2, 0.25) is 0 Å². The molecule has 8 heteroatoms. The first-order valence-electron chi connectivity index (χ1n) is 15.4. The van der Waals surface area contributed by atoms with Crippen molar-refractivity contribution in [1.82, 2.24) is 19.4 Å². The second-order valence-corrected chi connectivity index (χ2v) is 13.2. The number of fused-ring (bicyclic) bond motifs is 4. The number of benzene rings is 2. The van der Waals surface area contributed by atoms with Gasteiger partial charge < -0.3 is 24.9 Å². The lowest BCUT2D eigenvalue weighted by molar-refractivity contribution is 0.0870. The molecule has 4 fully saturated rings. The summed E-state index contributed by atoms with van der Waals surface area (Å²) < 4.78 is 10.8. The van der Waals surface area contributed by atoms with E-state index in [1.165, 1.54) is 23.7 Å². The van der Waals surface area contributed by atoms with Crippen LogP contribution >= 0.6 is 0 Å². The van der Waals surface area contributed by atoms with Crippen LogP contribution in [-0.4, -0.2) is 53.4 Å². The zero-order valence-corrected chi connectivity index (χ0v) is 23.8. The highest BCUT2D eigenvalue weighted by molar-refractivity contribution is 6.17. The van der Waals surface area contributed by atoms with Crippen molar-refractivity contribution >= 4 is 35.6 Å². The van der Waals surface area contributed by atoms with E-state index in [0.29, 0.717) is 17.2 Å². The van der Waals surface area contributed by atoms with Gasteiger partial charge in [0.15, 0.2) is 11.6 Å². The largest absolute Gasteiger partial charge is 0.494 e. The highest BCUT2D eigenvalue weighted by Gasteiger charge is 2.55. The molecule has 4 aliphatic rings. The molecular weight excluding hydrogens is 509 g/mol. The zero-order chi connectivity index (χ0) is 27.9. The van der Waals surface area contributed by atoms with E-state index in [-0.39, 0.29) is 23.5 Å². The monoisotopic (exact) mass is 547 g/mol. The first-order chi connectivity index (χ1) is 19.9. The molecule has 1 saturated heterocycles. The minimum atomic E-state index is -0.743. The minimum absolute atomic E-state index is 0.0304. The van der Waals surface area contributed by atoms with Gasteiger partial charge in [0.1, 0.15) is 11.3 Å². The number of ketones is 1. The maximum absolute atomic E-state index is 14.0. The average Bonchev–Trinajstić information content (AvgIpc) is 3.28. The standard InChI is InChI=1S/C33H38BN5O2/c1-41-29-14-22(31(40)24-15-23-8-9-25(24)33(23,34)35)12-26-30(29)39(18-20-10-11-36-16-20)32(37-26)28-13-21-4-2-3-5-27(21)38(28)17-19-6-7-19/h2-5,12-14,19-20,23-25,36H,6-11,15-18,35H2,1H3/t20-,23?,24?,25?,33-/m0/s1. The third kappa shape index (κ3) is 4.09. The Hall–Kier alpha value is -3.10. The molecule has 8 rings (SSSR count). The number of methoxy groups -OCH3 is 1. The molecule has 5 atom stereocenters. The number of nitrogens with two attached hydrogens (primary N) is 1. The fraction of sp³-hybridized carbons (Fsp3) is 0.515. The lowest BCUT2D eigenvalue weighted by atomic mass is 9.69. The number of nitrogens with zero attached hydrogens (tertiary/aromatic N) is 3. The molecule has 210 valence electrons. The van der Waals surface area contributed by atoms with Gasteiger partial charge in [-0.1, -0.05) is 18.2 Å². The second-order valence-electron chi connectivity index (χ2n) is 13.2. The highest BCUT2D eigenvalue weighted by Crippen LogP contribution is 2.53. The summed E-state index contributed by atoms with van der Waals surface area (Å²) in [6.45, 7) is 3.88. The molecule has 7 nitrogen and oxygen atoms in total. The van der Waals surface area contributed by atoms with Crippen molar-refractivity contribution in [3.63, 3.8) is 0 Å². The van der Waals surface area contributed by atoms with Crippen LogP contribution in [0, 0.1) is 29.6 Å². The zero-order valence-electron chi connectivity index (χ0n) is 23.8. The van der Waals surface area contributed by atoms with Crippen LogP contribution in [0.15, 0.2) is 42.5 Å². The van der Waals surface area contributed by atoms with Crippen molar-refractivity contribution in [3.8, 4) is 17.3 Å². The third-order valence-electron chi connectivity index (χ3n) is 10.6. The van der Waals surface area contributed by atoms with Gasteiger partial charge in [-0.2, -0.15) is 0 Å². The Kier molecular flexibility index (Phi) is 5.91. The number of hydrogen-bond acceptors (Lipinski definition) is 5. The molecule has 0 spiro atoms. The Labute approximate surface area is 242 Å². The van der Waals surface area contributed by atoms with E-state index in [9.17, 15) is 4.79 Å². The number of para-hydroxylation sites is 1. The Morgan fingerprint density at radius 2 is 1.93 bits per heavy atom. The van der Waals surface area contributed by atoms with Gasteiger partial charge in [-0.25, -0.2) is 4.98 Å². The van der Waals surface area contributed by atoms with E-state index < -0.39 is 5.44 Å². The average molecular weight is 548 g/mol. The van der Waals surface area contributed by atoms with Crippen LogP contribution in [0.5, 0.6) is 5.75 Å². The van der Waals surface area contributed by atoms with Gasteiger partial charge in [-0.05, 0) is 105 Å². The maximum atomic E-state index is 14.0. The van der Waals surface area contributed by atoms with Crippen molar-refractivity contribution < 1.29 is 9.53 Å². The molecule has 0 amide bonds.